The topological polar surface area (TPSA) is 83.6 Å². The number of phenolic OH excluding ortho intramolecular Hbond substituents is 1. The monoisotopic (exact) mass is 295 g/mol. The number of rotatable bonds is 3. The van der Waals surface area contributed by atoms with Crippen LogP contribution in [0.4, 0.5) is 8.78 Å². The SMILES string of the molecule is N[C@@H](c1c(C(=O)O)ccc(Br)c1O)C(F)F. The summed E-state index contributed by atoms with van der Waals surface area (Å²) >= 11 is 2.90. The first-order valence-electron chi connectivity index (χ1n) is 4.14. The van der Waals surface area contributed by atoms with E-state index in [0.717, 1.165) is 6.07 Å². The molecule has 7 heteroatoms. The lowest BCUT2D eigenvalue weighted by Gasteiger charge is -2.16. The second-order valence-corrected chi connectivity index (χ2v) is 3.88. The van der Waals surface area contributed by atoms with Gasteiger partial charge in [-0.15, -0.1) is 0 Å². The highest BCUT2D eigenvalue weighted by atomic mass is 79.9. The number of benzene rings is 1. The smallest absolute Gasteiger partial charge is 0.336 e. The predicted octanol–water partition coefficient (Wildman–Crippen LogP) is 2.12. The van der Waals surface area contributed by atoms with Crippen molar-refractivity contribution in [3.8, 4) is 5.75 Å². The molecule has 0 unspecified atom stereocenters. The Morgan fingerprint density at radius 3 is 2.44 bits per heavy atom. The van der Waals surface area contributed by atoms with Crippen molar-refractivity contribution in [1.29, 1.82) is 0 Å². The molecule has 0 saturated heterocycles. The highest BCUT2D eigenvalue weighted by Gasteiger charge is 2.27. The van der Waals surface area contributed by atoms with Gasteiger partial charge in [-0.25, -0.2) is 13.6 Å². The van der Waals surface area contributed by atoms with Gasteiger partial charge in [0, 0.05) is 5.56 Å². The van der Waals surface area contributed by atoms with E-state index in [1.54, 1.807) is 0 Å². The lowest BCUT2D eigenvalue weighted by molar-refractivity contribution is 0.0690. The number of carboxylic acids is 1. The fourth-order valence-corrected chi connectivity index (χ4v) is 1.58. The van der Waals surface area contributed by atoms with Gasteiger partial charge in [-0.3, -0.25) is 0 Å². The maximum Gasteiger partial charge on any atom is 0.336 e. The molecule has 0 saturated carbocycles. The number of halogens is 3. The zero-order valence-electron chi connectivity index (χ0n) is 7.82. The molecule has 0 aromatic heterocycles. The molecule has 1 atom stereocenters. The fourth-order valence-electron chi connectivity index (χ4n) is 1.23. The molecule has 4 nitrogen and oxygen atoms in total. The summed E-state index contributed by atoms with van der Waals surface area (Å²) in [5, 5.41) is 18.3. The van der Waals surface area contributed by atoms with Crippen LogP contribution in [0.3, 0.4) is 0 Å². The van der Waals surface area contributed by atoms with E-state index in [1.165, 1.54) is 6.07 Å². The molecule has 0 bridgehead atoms. The quantitative estimate of drug-likeness (QED) is 0.797. The largest absolute Gasteiger partial charge is 0.506 e. The van der Waals surface area contributed by atoms with Crippen LogP contribution in [0, 0.1) is 0 Å². The predicted molar refractivity (Wildman–Crippen MR) is 55.7 cm³/mol. The third-order valence-electron chi connectivity index (χ3n) is 2.00. The molecule has 1 rings (SSSR count). The lowest BCUT2D eigenvalue weighted by atomic mass is 10.00. The summed E-state index contributed by atoms with van der Waals surface area (Å²) < 4.78 is 25.0. The molecular weight excluding hydrogens is 288 g/mol. The summed E-state index contributed by atoms with van der Waals surface area (Å²) in [6, 6.07) is 0.507. The Kier molecular flexibility index (Phi) is 3.82. The molecule has 0 radical (unpaired) electrons. The molecule has 0 aliphatic carbocycles. The second kappa shape index (κ2) is 4.75. The molecule has 0 aliphatic rings. The molecule has 1 aromatic rings. The summed E-state index contributed by atoms with van der Waals surface area (Å²) in [5.74, 6) is -2.00. The van der Waals surface area contributed by atoms with Gasteiger partial charge in [0.25, 0.3) is 6.43 Å². The number of hydrogen-bond acceptors (Lipinski definition) is 3. The zero-order valence-corrected chi connectivity index (χ0v) is 9.41. The zero-order chi connectivity index (χ0) is 12.5. The molecule has 0 aliphatic heterocycles. The summed E-state index contributed by atoms with van der Waals surface area (Å²) in [5.41, 5.74) is 4.24. The first-order chi connectivity index (χ1) is 7.36. The van der Waals surface area contributed by atoms with Crippen molar-refractivity contribution in [3.05, 3.63) is 27.7 Å². The Morgan fingerprint density at radius 1 is 1.44 bits per heavy atom. The molecule has 88 valence electrons. The van der Waals surface area contributed by atoms with Gasteiger partial charge in [0.1, 0.15) is 5.75 Å². The highest BCUT2D eigenvalue weighted by molar-refractivity contribution is 9.10. The van der Waals surface area contributed by atoms with Crippen LogP contribution in [-0.4, -0.2) is 22.6 Å². The highest BCUT2D eigenvalue weighted by Crippen LogP contribution is 2.36. The third-order valence-corrected chi connectivity index (χ3v) is 2.64. The maximum absolute atomic E-state index is 12.4. The van der Waals surface area contributed by atoms with Gasteiger partial charge in [-0.05, 0) is 28.1 Å². The molecule has 0 amide bonds. The minimum atomic E-state index is -2.96. The number of carbonyl (C=O) groups is 1. The molecule has 0 spiro atoms. The van der Waals surface area contributed by atoms with Crippen molar-refractivity contribution < 1.29 is 23.8 Å². The van der Waals surface area contributed by atoms with Gasteiger partial charge >= 0.3 is 5.97 Å². The van der Waals surface area contributed by atoms with Gasteiger partial charge in [-0.1, -0.05) is 0 Å². The number of carboxylic acid groups (broad SMARTS) is 1. The molecule has 0 fully saturated rings. The summed E-state index contributed by atoms with van der Waals surface area (Å²) in [7, 11) is 0. The van der Waals surface area contributed by atoms with E-state index >= 15 is 0 Å². The standard InChI is InChI=1S/C9H8BrF2NO3/c10-4-2-1-3(9(15)16)5(7(4)14)6(13)8(11)12/h1-2,6,8,14H,13H2,(H,15,16)/t6-/m0/s1. The molecule has 16 heavy (non-hydrogen) atoms. The van der Waals surface area contributed by atoms with Crippen LogP contribution in [0.25, 0.3) is 0 Å². The van der Waals surface area contributed by atoms with E-state index in [0.29, 0.717) is 0 Å². The van der Waals surface area contributed by atoms with E-state index in [9.17, 15) is 18.7 Å². The molecular formula is C9H8BrF2NO3. The van der Waals surface area contributed by atoms with Crippen LogP contribution >= 0.6 is 15.9 Å². The van der Waals surface area contributed by atoms with E-state index in [4.69, 9.17) is 10.8 Å². The minimum absolute atomic E-state index is 0.114. The van der Waals surface area contributed by atoms with Gasteiger partial charge in [0.15, 0.2) is 0 Å². The first kappa shape index (κ1) is 12.9. The normalized spacial score (nSPS) is 12.8. The summed E-state index contributed by atoms with van der Waals surface area (Å²) in [4.78, 5) is 10.8. The van der Waals surface area contributed by atoms with E-state index in [2.05, 4.69) is 15.9 Å². The Labute approximate surface area is 97.8 Å². The van der Waals surface area contributed by atoms with Crippen molar-refractivity contribution >= 4 is 21.9 Å². The van der Waals surface area contributed by atoms with Crippen LogP contribution in [0.5, 0.6) is 5.75 Å². The van der Waals surface area contributed by atoms with E-state index in [1.807, 2.05) is 0 Å². The summed E-state index contributed by atoms with van der Waals surface area (Å²) in [6.07, 6.45) is -2.96. The average molecular weight is 296 g/mol. The van der Waals surface area contributed by atoms with Crippen molar-refractivity contribution in [2.75, 3.05) is 0 Å². The number of hydrogen-bond donors (Lipinski definition) is 3. The second-order valence-electron chi connectivity index (χ2n) is 3.02. The molecule has 0 heterocycles. The van der Waals surface area contributed by atoms with Crippen LogP contribution in [0.15, 0.2) is 16.6 Å². The van der Waals surface area contributed by atoms with Crippen molar-refractivity contribution in [2.24, 2.45) is 5.73 Å². The average Bonchev–Trinajstić information content (AvgIpc) is 2.20. The van der Waals surface area contributed by atoms with E-state index < -0.39 is 35.3 Å². The Balaban J connectivity index is 3.43. The summed E-state index contributed by atoms with van der Waals surface area (Å²) in [6.45, 7) is 0. The van der Waals surface area contributed by atoms with Crippen LogP contribution in [0.1, 0.15) is 22.0 Å². The van der Waals surface area contributed by atoms with Gasteiger partial charge in [-0.2, -0.15) is 0 Å². The van der Waals surface area contributed by atoms with Crippen LogP contribution in [-0.2, 0) is 0 Å². The Hall–Kier alpha value is -1.21. The number of phenols is 1. The number of aromatic carboxylic acids is 1. The van der Waals surface area contributed by atoms with Crippen molar-refractivity contribution in [1.82, 2.24) is 0 Å². The maximum atomic E-state index is 12.4. The number of alkyl halides is 2. The van der Waals surface area contributed by atoms with Gasteiger partial charge < -0.3 is 15.9 Å². The molecule has 4 N–H and O–H groups in total. The van der Waals surface area contributed by atoms with Crippen molar-refractivity contribution in [2.45, 2.75) is 12.5 Å². The fraction of sp³-hybridized carbons (Fsp3) is 0.222. The van der Waals surface area contributed by atoms with Crippen LogP contribution in [0.2, 0.25) is 0 Å². The third kappa shape index (κ3) is 2.30. The molecule has 1 aromatic carbocycles. The van der Waals surface area contributed by atoms with Gasteiger partial charge in [0.2, 0.25) is 0 Å². The number of nitrogens with two attached hydrogens (primary N) is 1. The Bertz CT molecular complexity index is 425. The number of aromatic hydroxyl groups is 1. The van der Waals surface area contributed by atoms with Crippen molar-refractivity contribution in [3.63, 3.8) is 0 Å². The van der Waals surface area contributed by atoms with E-state index in [-0.39, 0.29) is 4.47 Å². The van der Waals surface area contributed by atoms with Gasteiger partial charge in [0.05, 0.1) is 16.1 Å². The lowest BCUT2D eigenvalue weighted by Crippen LogP contribution is -2.22. The minimum Gasteiger partial charge on any atom is -0.506 e. The van der Waals surface area contributed by atoms with Crippen LogP contribution < -0.4 is 5.73 Å². The Morgan fingerprint density at radius 2 is 2.00 bits per heavy atom. The first-order valence-corrected chi connectivity index (χ1v) is 4.94.